The molecule has 2 unspecified atom stereocenters. The molecule has 1 aromatic heterocycles. The minimum atomic E-state index is -1.14. The van der Waals surface area contributed by atoms with Gasteiger partial charge in [0.05, 0.1) is 0 Å². The number of aromatic nitrogens is 1. The van der Waals surface area contributed by atoms with E-state index in [-0.39, 0.29) is 0 Å². The monoisotopic (exact) mass is 512 g/mol. The third kappa shape index (κ3) is 5.99. The smallest absolute Gasteiger partial charge is 0.128 e. The molecule has 4 nitrogen and oxygen atoms in total. The van der Waals surface area contributed by atoms with Crippen molar-refractivity contribution in [2.75, 3.05) is 37.6 Å². The van der Waals surface area contributed by atoms with Crippen LogP contribution in [0, 0.1) is 17.0 Å². The number of H-pyrrole nitrogens is 1. The Balaban J connectivity index is 0.000000152. The van der Waals surface area contributed by atoms with E-state index in [0.717, 1.165) is 51.6 Å². The van der Waals surface area contributed by atoms with Crippen molar-refractivity contribution >= 4 is 16.6 Å². The Morgan fingerprint density at radius 1 is 1.08 bits per heavy atom. The number of para-hydroxylation sites is 1. The number of halogens is 3. The summed E-state index contributed by atoms with van der Waals surface area (Å²) in [6.45, 7) is 10.7. The molecule has 4 heterocycles. The molecule has 0 aliphatic carbocycles. The van der Waals surface area contributed by atoms with E-state index in [2.05, 4.69) is 51.3 Å². The number of hydrogen-bond acceptors (Lipinski definition) is 3. The molecule has 200 valence electrons. The molecular weight excluding hydrogens is 473 g/mol. The summed E-state index contributed by atoms with van der Waals surface area (Å²) in [5.74, 6) is -0.983. The van der Waals surface area contributed by atoms with Crippen LogP contribution in [0.3, 0.4) is 0 Å². The standard InChI is InChI=1S/C16H21FN2.C14H18F2N2/c1-11-8-13-12-6-4-5-7-14(12)18-15(13)9-19(11)10-16(2,3)17;15-11-6-12(16)8-13(7-11)18-5-1-2-14(10-18)3-4-17-9-14/h4-7,11,18H,8-10H2,1-3H3;6-8,17H,1-5,9-10H2. The number of fused-ring (bicyclic) bond motifs is 3. The number of hydrogen-bond donors (Lipinski definition) is 2. The van der Waals surface area contributed by atoms with Gasteiger partial charge in [-0.25, -0.2) is 13.2 Å². The highest BCUT2D eigenvalue weighted by atomic mass is 19.1. The van der Waals surface area contributed by atoms with Crippen LogP contribution in [0.2, 0.25) is 0 Å². The number of nitrogens with one attached hydrogen (secondary N) is 2. The molecule has 2 atom stereocenters. The summed E-state index contributed by atoms with van der Waals surface area (Å²) in [5.41, 5.74) is 3.71. The molecule has 1 spiro atoms. The van der Waals surface area contributed by atoms with Crippen LogP contribution in [0.15, 0.2) is 42.5 Å². The summed E-state index contributed by atoms with van der Waals surface area (Å²) in [5, 5.41) is 4.73. The first-order chi connectivity index (χ1) is 17.6. The summed E-state index contributed by atoms with van der Waals surface area (Å²) in [6, 6.07) is 12.6. The van der Waals surface area contributed by atoms with Crippen LogP contribution in [0.1, 0.15) is 51.3 Å². The molecule has 7 heteroatoms. The number of nitrogens with zero attached hydrogens (tertiary/aromatic N) is 2. The van der Waals surface area contributed by atoms with Gasteiger partial charge < -0.3 is 15.2 Å². The quantitative estimate of drug-likeness (QED) is 0.438. The van der Waals surface area contributed by atoms with Crippen molar-refractivity contribution in [3.8, 4) is 0 Å². The molecule has 0 saturated carbocycles. The van der Waals surface area contributed by atoms with E-state index in [1.807, 2.05) is 0 Å². The van der Waals surface area contributed by atoms with Crippen LogP contribution in [0.5, 0.6) is 0 Å². The van der Waals surface area contributed by atoms with Gasteiger partial charge in [0.2, 0.25) is 0 Å². The first kappa shape index (κ1) is 26.1. The maximum Gasteiger partial charge on any atom is 0.128 e. The average Bonchev–Trinajstić information content (AvgIpc) is 3.42. The summed E-state index contributed by atoms with van der Waals surface area (Å²) in [7, 11) is 0. The number of benzene rings is 2. The molecule has 6 rings (SSSR count). The number of aromatic amines is 1. The number of piperidine rings is 1. The lowest BCUT2D eigenvalue weighted by atomic mass is 9.79. The molecular formula is C30H39F3N4. The lowest BCUT2D eigenvalue weighted by Gasteiger charge is -2.41. The molecule has 37 heavy (non-hydrogen) atoms. The van der Waals surface area contributed by atoms with Crippen LogP contribution < -0.4 is 10.2 Å². The Labute approximate surface area is 218 Å². The third-order valence-corrected chi connectivity index (χ3v) is 8.17. The fraction of sp³-hybridized carbons (Fsp3) is 0.533. The highest BCUT2D eigenvalue weighted by Gasteiger charge is 2.38. The van der Waals surface area contributed by atoms with Crippen LogP contribution in [0.25, 0.3) is 10.9 Å². The van der Waals surface area contributed by atoms with E-state index in [0.29, 0.717) is 23.7 Å². The highest BCUT2D eigenvalue weighted by molar-refractivity contribution is 5.84. The average molecular weight is 513 g/mol. The van der Waals surface area contributed by atoms with E-state index in [4.69, 9.17) is 0 Å². The zero-order chi connectivity index (χ0) is 26.2. The Morgan fingerprint density at radius 2 is 1.84 bits per heavy atom. The molecule has 2 saturated heterocycles. The van der Waals surface area contributed by atoms with Crippen LogP contribution in [0.4, 0.5) is 18.9 Å². The van der Waals surface area contributed by atoms with Crippen LogP contribution in [-0.4, -0.2) is 54.3 Å². The fourth-order valence-corrected chi connectivity index (χ4v) is 6.40. The van der Waals surface area contributed by atoms with Crippen molar-refractivity contribution in [3.63, 3.8) is 0 Å². The van der Waals surface area contributed by atoms with Gasteiger partial charge in [-0.3, -0.25) is 4.90 Å². The molecule has 2 aromatic carbocycles. The predicted molar refractivity (Wildman–Crippen MR) is 145 cm³/mol. The van der Waals surface area contributed by atoms with Crippen molar-refractivity contribution in [3.05, 3.63) is 65.4 Å². The Hall–Kier alpha value is -2.51. The summed E-state index contributed by atoms with van der Waals surface area (Å²) in [6.07, 6.45) is 4.48. The molecule has 2 N–H and O–H groups in total. The minimum absolute atomic E-state index is 0.307. The topological polar surface area (TPSA) is 34.3 Å². The number of anilines is 1. The van der Waals surface area contributed by atoms with Crippen LogP contribution >= 0.6 is 0 Å². The molecule has 3 aliphatic heterocycles. The second-order valence-corrected chi connectivity index (χ2v) is 11.9. The second-order valence-electron chi connectivity index (χ2n) is 11.9. The lowest BCUT2D eigenvalue weighted by molar-refractivity contribution is 0.0853. The molecule has 3 aromatic rings. The minimum Gasteiger partial charge on any atom is -0.371 e. The van der Waals surface area contributed by atoms with E-state index < -0.39 is 17.3 Å². The van der Waals surface area contributed by atoms with Crippen molar-refractivity contribution < 1.29 is 13.2 Å². The van der Waals surface area contributed by atoms with E-state index >= 15 is 0 Å². The Kier molecular flexibility index (Phi) is 7.29. The van der Waals surface area contributed by atoms with Crippen molar-refractivity contribution in [1.29, 1.82) is 0 Å². The van der Waals surface area contributed by atoms with Gasteiger partial charge in [0.25, 0.3) is 0 Å². The van der Waals surface area contributed by atoms with E-state index in [1.54, 1.807) is 13.8 Å². The zero-order valence-corrected chi connectivity index (χ0v) is 22.2. The highest BCUT2D eigenvalue weighted by Crippen LogP contribution is 2.37. The fourth-order valence-electron chi connectivity index (χ4n) is 6.40. The molecule has 0 bridgehead atoms. The van der Waals surface area contributed by atoms with Gasteiger partial charge in [-0.2, -0.15) is 0 Å². The second kappa shape index (κ2) is 10.3. The molecule has 0 radical (unpaired) electrons. The third-order valence-electron chi connectivity index (χ3n) is 8.17. The van der Waals surface area contributed by atoms with Gasteiger partial charge in [-0.1, -0.05) is 18.2 Å². The van der Waals surface area contributed by atoms with Gasteiger partial charge >= 0.3 is 0 Å². The Bertz CT molecular complexity index is 1210. The van der Waals surface area contributed by atoms with E-state index in [1.165, 1.54) is 47.1 Å². The van der Waals surface area contributed by atoms with Gasteiger partial charge in [0, 0.05) is 72.5 Å². The largest absolute Gasteiger partial charge is 0.371 e. The summed E-state index contributed by atoms with van der Waals surface area (Å²) >= 11 is 0. The Morgan fingerprint density at radius 3 is 2.54 bits per heavy atom. The number of alkyl halides is 1. The van der Waals surface area contributed by atoms with E-state index in [9.17, 15) is 13.2 Å². The zero-order valence-electron chi connectivity index (χ0n) is 22.2. The first-order valence-electron chi connectivity index (χ1n) is 13.5. The van der Waals surface area contributed by atoms with Crippen molar-refractivity contribution in [1.82, 2.24) is 15.2 Å². The first-order valence-corrected chi connectivity index (χ1v) is 13.5. The molecule has 2 fully saturated rings. The van der Waals surface area contributed by atoms with Crippen molar-refractivity contribution in [2.45, 2.75) is 64.7 Å². The predicted octanol–water partition coefficient (Wildman–Crippen LogP) is 6.21. The van der Waals surface area contributed by atoms with Crippen molar-refractivity contribution in [2.24, 2.45) is 5.41 Å². The van der Waals surface area contributed by atoms with Gasteiger partial charge in [-0.05, 0) is 76.8 Å². The van der Waals surface area contributed by atoms with Gasteiger partial charge in [0.15, 0.2) is 0 Å². The lowest BCUT2D eigenvalue weighted by Crippen LogP contribution is -2.44. The summed E-state index contributed by atoms with van der Waals surface area (Å²) < 4.78 is 40.4. The maximum atomic E-state index is 13.9. The normalized spacial score (nSPS) is 24.3. The van der Waals surface area contributed by atoms with Crippen LogP contribution in [-0.2, 0) is 13.0 Å². The molecule has 3 aliphatic rings. The maximum absolute atomic E-state index is 13.9. The SMILES string of the molecule is CC1Cc2c([nH]c3ccccc23)CN1CC(C)(C)F.Fc1cc(F)cc(N2CCCC3(CCNC3)C2)c1. The number of rotatable bonds is 3. The molecule has 0 amide bonds. The van der Waals surface area contributed by atoms with Gasteiger partial charge in [0.1, 0.15) is 17.3 Å². The summed E-state index contributed by atoms with van der Waals surface area (Å²) in [4.78, 5) is 7.85. The van der Waals surface area contributed by atoms with Gasteiger partial charge in [-0.15, -0.1) is 0 Å².